The number of aryl methyl sites for hydroxylation is 2. The van der Waals surface area contributed by atoms with E-state index in [0.29, 0.717) is 23.3 Å². The van der Waals surface area contributed by atoms with E-state index >= 15 is 0 Å². The van der Waals surface area contributed by atoms with Crippen LogP contribution in [0.15, 0.2) is 51.8 Å². The summed E-state index contributed by atoms with van der Waals surface area (Å²) in [5.41, 5.74) is 2.12. The molecule has 0 aromatic heterocycles. The quantitative estimate of drug-likeness (QED) is 0.679. The summed E-state index contributed by atoms with van der Waals surface area (Å²) in [6.45, 7) is 5.13. The van der Waals surface area contributed by atoms with Gasteiger partial charge in [-0.3, -0.25) is 4.79 Å². The molecule has 0 aliphatic carbocycles. The minimum absolute atomic E-state index is 0.0533. The molecule has 2 aromatic carbocycles. The first-order valence-electron chi connectivity index (χ1n) is 9.01. The minimum atomic E-state index is -3.56. The molecule has 3 rings (SSSR count). The van der Waals surface area contributed by atoms with Crippen molar-refractivity contribution in [3.63, 3.8) is 0 Å². The molecule has 8 heteroatoms. The van der Waals surface area contributed by atoms with Crippen LogP contribution in [0.3, 0.4) is 0 Å². The molecular formula is C20H23BrN2O4S. The molecule has 0 bridgehead atoms. The van der Waals surface area contributed by atoms with E-state index in [1.807, 2.05) is 32.0 Å². The number of nitrogens with zero attached hydrogens (tertiary/aromatic N) is 2. The van der Waals surface area contributed by atoms with Crippen molar-refractivity contribution in [1.82, 2.24) is 9.21 Å². The number of amides is 1. The molecule has 150 valence electrons. The second-order valence-corrected chi connectivity index (χ2v) is 9.65. The fraction of sp³-hybridized carbons (Fsp3) is 0.350. The van der Waals surface area contributed by atoms with Crippen LogP contribution < -0.4 is 4.74 Å². The molecule has 0 unspecified atom stereocenters. The Morgan fingerprint density at radius 2 is 1.79 bits per heavy atom. The SMILES string of the molecule is Cc1ccc(OCC(=O)N2CCN(S(=O)(=O)c3cccc(Br)c3)CC2)c(C)c1. The van der Waals surface area contributed by atoms with Gasteiger partial charge >= 0.3 is 0 Å². The minimum Gasteiger partial charge on any atom is -0.484 e. The fourth-order valence-electron chi connectivity index (χ4n) is 3.15. The molecule has 0 saturated carbocycles. The summed E-state index contributed by atoms with van der Waals surface area (Å²) in [5, 5.41) is 0. The van der Waals surface area contributed by atoms with E-state index in [2.05, 4.69) is 15.9 Å². The number of rotatable bonds is 5. The van der Waals surface area contributed by atoms with Crippen molar-refractivity contribution >= 4 is 31.9 Å². The van der Waals surface area contributed by atoms with Crippen LogP contribution in [0.2, 0.25) is 0 Å². The van der Waals surface area contributed by atoms with Crippen LogP contribution in [0.5, 0.6) is 5.75 Å². The topological polar surface area (TPSA) is 66.9 Å². The van der Waals surface area contributed by atoms with Gasteiger partial charge in [0.15, 0.2) is 6.61 Å². The predicted molar refractivity (Wildman–Crippen MR) is 111 cm³/mol. The first-order valence-corrected chi connectivity index (χ1v) is 11.2. The molecule has 1 saturated heterocycles. The molecule has 0 atom stereocenters. The van der Waals surface area contributed by atoms with Crippen LogP contribution in [-0.4, -0.2) is 56.3 Å². The van der Waals surface area contributed by atoms with Gasteiger partial charge in [0.05, 0.1) is 4.90 Å². The molecule has 0 radical (unpaired) electrons. The van der Waals surface area contributed by atoms with E-state index in [1.165, 1.54) is 4.31 Å². The van der Waals surface area contributed by atoms with Gasteiger partial charge in [-0.1, -0.05) is 39.7 Å². The highest BCUT2D eigenvalue weighted by Gasteiger charge is 2.30. The summed E-state index contributed by atoms with van der Waals surface area (Å²) in [4.78, 5) is 14.3. The Bertz CT molecular complexity index is 970. The highest BCUT2D eigenvalue weighted by atomic mass is 79.9. The van der Waals surface area contributed by atoms with Gasteiger partial charge < -0.3 is 9.64 Å². The van der Waals surface area contributed by atoms with Gasteiger partial charge in [-0.2, -0.15) is 4.31 Å². The summed E-state index contributed by atoms with van der Waals surface area (Å²) in [6, 6.07) is 12.5. The second-order valence-electron chi connectivity index (χ2n) is 6.80. The third-order valence-electron chi connectivity index (χ3n) is 4.71. The zero-order chi connectivity index (χ0) is 20.3. The van der Waals surface area contributed by atoms with E-state index in [4.69, 9.17) is 4.74 Å². The Hall–Kier alpha value is -1.90. The van der Waals surface area contributed by atoms with Gasteiger partial charge in [-0.15, -0.1) is 0 Å². The number of carbonyl (C=O) groups excluding carboxylic acids is 1. The number of sulfonamides is 1. The Kier molecular flexibility index (Phi) is 6.42. The Morgan fingerprint density at radius 1 is 1.07 bits per heavy atom. The van der Waals surface area contributed by atoms with Crippen molar-refractivity contribution in [2.24, 2.45) is 0 Å². The van der Waals surface area contributed by atoms with Gasteiger partial charge in [0.1, 0.15) is 5.75 Å². The van der Waals surface area contributed by atoms with E-state index in [0.717, 1.165) is 11.1 Å². The molecule has 28 heavy (non-hydrogen) atoms. The van der Waals surface area contributed by atoms with Crippen LogP contribution in [0, 0.1) is 13.8 Å². The highest BCUT2D eigenvalue weighted by molar-refractivity contribution is 9.10. The number of hydrogen-bond donors (Lipinski definition) is 0. The lowest BCUT2D eigenvalue weighted by molar-refractivity contribution is -0.134. The molecule has 1 aliphatic heterocycles. The molecular weight excluding hydrogens is 444 g/mol. The number of hydrogen-bond acceptors (Lipinski definition) is 4. The molecule has 1 amide bonds. The third-order valence-corrected chi connectivity index (χ3v) is 7.09. The fourth-order valence-corrected chi connectivity index (χ4v) is 5.17. The molecule has 1 aliphatic rings. The lowest BCUT2D eigenvalue weighted by Gasteiger charge is -2.34. The lowest BCUT2D eigenvalue weighted by Crippen LogP contribution is -2.51. The smallest absolute Gasteiger partial charge is 0.260 e. The molecule has 1 heterocycles. The van der Waals surface area contributed by atoms with E-state index in [1.54, 1.807) is 29.2 Å². The lowest BCUT2D eigenvalue weighted by atomic mass is 10.1. The zero-order valence-corrected chi connectivity index (χ0v) is 18.3. The molecule has 0 spiro atoms. The van der Waals surface area contributed by atoms with Crippen molar-refractivity contribution in [3.8, 4) is 5.75 Å². The van der Waals surface area contributed by atoms with Gasteiger partial charge in [-0.25, -0.2) is 8.42 Å². The van der Waals surface area contributed by atoms with Gasteiger partial charge in [0.25, 0.3) is 5.91 Å². The Morgan fingerprint density at radius 3 is 2.43 bits per heavy atom. The highest BCUT2D eigenvalue weighted by Crippen LogP contribution is 2.22. The summed E-state index contributed by atoms with van der Waals surface area (Å²) in [5.74, 6) is 0.550. The van der Waals surface area contributed by atoms with Crippen LogP contribution >= 0.6 is 15.9 Å². The maximum absolute atomic E-state index is 12.8. The number of piperazine rings is 1. The van der Waals surface area contributed by atoms with Gasteiger partial charge in [0.2, 0.25) is 10.0 Å². The average molecular weight is 467 g/mol. The number of benzene rings is 2. The van der Waals surface area contributed by atoms with E-state index in [-0.39, 0.29) is 30.5 Å². The Labute approximate surface area is 174 Å². The van der Waals surface area contributed by atoms with Crippen molar-refractivity contribution in [2.45, 2.75) is 18.7 Å². The monoisotopic (exact) mass is 466 g/mol. The normalized spacial score (nSPS) is 15.5. The third kappa shape index (κ3) is 4.74. The zero-order valence-electron chi connectivity index (χ0n) is 15.9. The summed E-state index contributed by atoms with van der Waals surface area (Å²) in [7, 11) is -3.56. The number of halogens is 1. The van der Waals surface area contributed by atoms with Gasteiger partial charge in [0, 0.05) is 30.7 Å². The summed E-state index contributed by atoms with van der Waals surface area (Å²) < 4.78 is 33.3. The maximum atomic E-state index is 12.8. The van der Waals surface area contributed by atoms with Crippen molar-refractivity contribution < 1.29 is 17.9 Å². The molecule has 6 nitrogen and oxygen atoms in total. The van der Waals surface area contributed by atoms with Crippen LogP contribution in [-0.2, 0) is 14.8 Å². The van der Waals surface area contributed by atoms with Crippen LogP contribution in [0.4, 0.5) is 0 Å². The molecule has 2 aromatic rings. The average Bonchev–Trinajstić information content (AvgIpc) is 2.67. The molecule has 1 fully saturated rings. The molecule has 0 N–H and O–H groups in total. The largest absolute Gasteiger partial charge is 0.484 e. The number of ether oxygens (including phenoxy) is 1. The van der Waals surface area contributed by atoms with E-state index in [9.17, 15) is 13.2 Å². The summed E-state index contributed by atoms with van der Waals surface area (Å²) >= 11 is 3.30. The van der Waals surface area contributed by atoms with Crippen LogP contribution in [0.25, 0.3) is 0 Å². The number of carbonyl (C=O) groups is 1. The maximum Gasteiger partial charge on any atom is 0.260 e. The van der Waals surface area contributed by atoms with Crippen molar-refractivity contribution in [2.75, 3.05) is 32.8 Å². The van der Waals surface area contributed by atoms with E-state index < -0.39 is 10.0 Å². The van der Waals surface area contributed by atoms with Gasteiger partial charge in [-0.05, 0) is 43.7 Å². The predicted octanol–water partition coefficient (Wildman–Crippen LogP) is 2.98. The van der Waals surface area contributed by atoms with Crippen molar-refractivity contribution in [1.29, 1.82) is 0 Å². The second kappa shape index (κ2) is 8.63. The first-order chi connectivity index (χ1) is 13.3. The standard InChI is InChI=1S/C20H23BrN2O4S/c1-15-6-7-19(16(2)12-15)27-14-20(24)22-8-10-23(11-9-22)28(25,26)18-5-3-4-17(21)13-18/h3-7,12-13H,8-11,14H2,1-2H3. The van der Waals surface area contributed by atoms with Crippen LogP contribution in [0.1, 0.15) is 11.1 Å². The Balaban J connectivity index is 1.56. The van der Waals surface area contributed by atoms with Crippen molar-refractivity contribution in [3.05, 3.63) is 58.1 Å². The first kappa shape index (κ1) is 20.8. The summed E-state index contributed by atoms with van der Waals surface area (Å²) in [6.07, 6.45) is 0.